The molecule has 0 aromatic carbocycles. The van der Waals surface area contributed by atoms with Gasteiger partial charge < -0.3 is 14.6 Å². The van der Waals surface area contributed by atoms with Crippen LogP contribution in [-0.2, 0) is 9.47 Å². The summed E-state index contributed by atoms with van der Waals surface area (Å²) in [6.45, 7) is 6.87. The predicted molar refractivity (Wildman–Crippen MR) is 76.8 cm³/mol. The number of hydrogen-bond acceptors (Lipinski definition) is 5. The van der Waals surface area contributed by atoms with Crippen LogP contribution in [0.15, 0.2) is 0 Å². The maximum absolute atomic E-state index is 10.4. The van der Waals surface area contributed by atoms with Crippen LogP contribution >= 0.6 is 0 Å². The van der Waals surface area contributed by atoms with Crippen molar-refractivity contribution in [3.63, 3.8) is 0 Å². The van der Waals surface area contributed by atoms with Gasteiger partial charge in [-0.1, -0.05) is 12.8 Å². The second-order valence-corrected chi connectivity index (χ2v) is 6.32. The van der Waals surface area contributed by atoms with Crippen molar-refractivity contribution in [2.45, 2.75) is 43.9 Å². The van der Waals surface area contributed by atoms with E-state index in [0.717, 1.165) is 52.5 Å². The van der Waals surface area contributed by atoms with Crippen molar-refractivity contribution in [1.29, 1.82) is 0 Å². The molecule has 20 heavy (non-hydrogen) atoms. The van der Waals surface area contributed by atoms with Gasteiger partial charge in [0.25, 0.3) is 0 Å². The number of ether oxygens (including phenoxy) is 2. The lowest BCUT2D eigenvalue weighted by Gasteiger charge is -2.44. The van der Waals surface area contributed by atoms with E-state index < -0.39 is 0 Å². The van der Waals surface area contributed by atoms with Crippen molar-refractivity contribution in [3.8, 4) is 0 Å². The number of morpholine rings is 2. The smallest absolute Gasteiger partial charge is 0.0793 e. The molecule has 1 aliphatic carbocycles. The fraction of sp³-hybridized carbons (Fsp3) is 1.00. The first kappa shape index (κ1) is 14.7. The molecule has 0 bridgehead atoms. The Kier molecular flexibility index (Phi) is 5.29. The molecule has 0 unspecified atom stereocenters. The van der Waals surface area contributed by atoms with Crippen molar-refractivity contribution in [1.82, 2.24) is 9.80 Å². The van der Waals surface area contributed by atoms with E-state index in [4.69, 9.17) is 9.47 Å². The van der Waals surface area contributed by atoms with Crippen LogP contribution in [0.5, 0.6) is 0 Å². The number of aliphatic hydroxyl groups is 1. The Morgan fingerprint density at radius 2 is 1.80 bits per heavy atom. The number of fused-ring (bicyclic) bond motifs is 1. The summed E-state index contributed by atoms with van der Waals surface area (Å²) in [6.07, 6.45) is 5.18. The molecule has 0 amide bonds. The first-order valence-electron chi connectivity index (χ1n) is 8.17. The van der Waals surface area contributed by atoms with Crippen LogP contribution in [0.4, 0.5) is 0 Å². The molecule has 116 valence electrons. The highest BCUT2D eigenvalue weighted by molar-refractivity contribution is 4.88. The van der Waals surface area contributed by atoms with Gasteiger partial charge in [-0.05, 0) is 12.8 Å². The number of hydrogen-bond donors (Lipinski definition) is 1. The van der Waals surface area contributed by atoms with Crippen LogP contribution in [0.3, 0.4) is 0 Å². The monoisotopic (exact) mass is 284 g/mol. The average Bonchev–Trinajstić information content (AvgIpc) is 2.48. The number of aliphatic hydroxyl groups excluding tert-OH is 1. The lowest BCUT2D eigenvalue weighted by atomic mass is 9.90. The standard InChI is InChI=1S/C15H28N2O3/c18-13(11-16-5-8-19-9-6-16)12-17-7-10-20-15-4-2-1-3-14(15)17/h13-15,18H,1-12H2/t13-,14+,15-/m1/s1. The number of nitrogens with zero attached hydrogens (tertiary/aromatic N) is 2. The molecule has 3 fully saturated rings. The maximum atomic E-state index is 10.4. The Balaban J connectivity index is 1.47. The van der Waals surface area contributed by atoms with Gasteiger partial charge in [-0.2, -0.15) is 0 Å². The largest absolute Gasteiger partial charge is 0.390 e. The van der Waals surface area contributed by atoms with Gasteiger partial charge >= 0.3 is 0 Å². The Labute approximate surface area is 121 Å². The lowest BCUT2D eigenvalue weighted by molar-refractivity contribution is -0.0997. The summed E-state index contributed by atoms with van der Waals surface area (Å²) >= 11 is 0. The fourth-order valence-corrected chi connectivity index (χ4v) is 3.81. The van der Waals surface area contributed by atoms with E-state index in [9.17, 15) is 5.11 Å². The van der Waals surface area contributed by atoms with Gasteiger partial charge in [0.2, 0.25) is 0 Å². The SMILES string of the molecule is O[C@H](CN1CCOCC1)CN1CCO[C@@H]2CCCC[C@@H]21. The maximum Gasteiger partial charge on any atom is 0.0793 e. The van der Waals surface area contributed by atoms with Gasteiger partial charge in [-0.15, -0.1) is 0 Å². The zero-order valence-electron chi connectivity index (χ0n) is 12.4. The van der Waals surface area contributed by atoms with Crippen LogP contribution in [0.2, 0.25) is 0 Å². The van der Waals surface area contributed by atoms with Gasteiger partial charge in [0.05, 0.1) is 32.0 Å². The Morgan fingerprint density at radius 3 is 2.65 bits per heavy atom. The normalized spacial score (nSPS) is 34.6. The summed E-state index contributed by atoms with van der Waals surface area (Å²) in [5, 5.41) is 10.4. The second-order valence-electron chi connectivity index (χ2n) is 6.32. The molecular formula is C15H28N2O3. The molecule has 0 spiro atoms. The molecule has 2 heterocycles. The Bertz CT molecular complexity index is 295. The third-order valence-corrected chi connectivity index (χ3v) is 4.87. The van der Waals surface area contributed by atoms with Gasteiger partial charge in [-0.3, -0.25) is 9.80 Å². The highest BCUT2D eigenvalue weighted by atomic mass is 16.5. The van der Waals surface area contributed by atoms with Crippen molar-refractivity contribution in [3.05, 3.63) is 0 Å². The predicted octanol–water partition coefficient (Wildman–Crippen LogP) is 0.323. The van der Waals surface area contributed by atoms with Crippen LogP contribution in [0.1, 0.15) is 25.7 Å². The second kappa shape index (κ2) is 7.18. The third-order valence-electron chi connectivity index (χ3n) is 4.87. The first-order valence-corrected chi connectivity index (χ1v) is 8.17. The molecule has 1 N–H and O–H groups in total. The highest BCUT2D eigenvalue weighted by Crippen LogP contribution is 2.28. The molecule has 2 aliphatic heterocycles. The molecule has 1 saturated carbocycles. The molecule has 2 saturated heterocycles. The van der Waals surface area contributed by atoms with E-state index in [-0.39, 0.29) is 6.10 Å². The van der Waals surface area contributed by atoms with Crippen molar-refractivity contribution in [2.75, 3.05) is 52.5 Å². The average molecular weight is 284 g/mol. The van der Waals surface area contributed by atoms with E-state index in [1.54, 1.807) is 0 Å². The van der Waals surface area contributed by atoms with Gasteiger partial charge in [-0.25, -0.2) is 0 Å². The number of β-amino-alcohol motifs (C(OH)–C–C–N with tert-alkyl or cyclic N) is 1. The molecule has 0 aromatic rings. The molecule has 0 radical (unpaired) electrons. The Morgan fingerprint density at radius 1 is 1.00 bits per heavy atom. The summed E-state index contributed by atoms with van der Waals surface area (Å²) in [5.41, 5.74) is 0. The molecule has 0 aromatic heterocycles. The molecule has 5 nitrogen and oxygen atoms in total. The topological polar surface area (TPSA) is 45.2 Å². The lowest BCUT2D eigenvalue weighted by Crippen LogP contribution is -2.55. The summed E-state index contributed by atoms with van der Waals surface area (Å²) in [4.78, 5) is 4.78. The number of rotatable bonds is 4. The van der Waals surface area contributed by atoms with Gasteiger partial charge in [0, 0.05) is 38.8 Å². The fourth-order valence-electron chi connectivity index (χ4n) is 3.81. The first-order chi connectivity index (χ1) is 9.83. The minimum Gasteiger partial charge on any atom is -0.390 e. The van der Waals surface area contributed by atoms with Crippen LogP contribution in [0.25, 0.3) is 0 Å². The highest BCUT2D eigenvalue weighted by Gasteiger charge is 2.34. The zero-order chi connectivity index (χ0) is 13.8. The van der Waals surface area contributed by atoms with E-state index in [1.165, 1.54) is 25.7 Å². The molecule has 5 heteroatoms. The van der Waals surface area contributed by atoms with Crippen LogP contribution in [-0.4, -0.2) is 85.7 Å². The van der Waals surface area contributed by atoms with Crippen LogP contribution < -0.4 is 0 Å². The minimum atomic E-state index is -0.256. The van der Waals surface area contributed by atoms with E-state index in [2.05, 4.69) is 9.80 Å². The molecule has 3 atom stereocenters. The molecular weight excluding hydrogens is 256 g/mol. The van der Waals surface area contributed by atoms with Gasteiger partial charge in [0.15, 0.2) is 0 Å². The zero-order valence-corrected chi connectivity index (χ0v) is 12.4. The van der Waals surface area contributed by atoms with Crippen molar-refractivity contribution >= 4 is 0 Å². The van der Waals surface area contributed by atoms with Crippen molar-refractivity contribution in [2.24, 2.45) is 0 Å². The third kappa shape index (κ3) is 3.71. The summed E-state index contributed by atoms with van der Waals surface area (Å²) in [6, 6.07) is 0.539. The van der Waals surface area contributed by atoms with Crippen LogP contribution in [0, 0.1) is 0 Å². The van der Waals surface area contributed by atoms with E-state index >= 15 is 0 Å². The molecule has 3 aliphatic rings. The van der Waals surface area contributed by atoms with E-state index in [1.807, 2.05) is 0 Å². The minimum absolute atomic E-state index is 0.256. The quantitative estimate of drug-likeness (QED) is 0.806. The Hall–Kier alpha value is -0.200. The van der Waals surface area contributed by atoms with Gasteiger partial charge in [0.1, 0.15) is 0 Å². The summed E-state index contributed by atoms with van der Waals surface area (Å²) in [5.74, 6) is 0. The van der Waals surface area contributed by atoms with E-state index in [0.29, 0.717) is 12.1 Å². The molecule has 3 rings (SSSR count). The summed E-state index contributed by atoms with van der Waals surface area (Å²) in [7, 11) is 0. The van der Waals surface area contributed by atoms with Crippen molar-refractivity contribution < 1.29 is 14.6 Å². The summed E-state index contributed by atoms with van der Waals surface area (Å²) < 4.78 is 11.2.